The van der Waals surface area contributed by atoms with Crippen molar-refractivity contribution in [2.24, 2.45) is 16.7 Å². The lowest BCUT2D eigenvalue weighted by atomic mass is 9.66. The first-order chi connectivity index (χ1) is 6.04. The monoisotopic (exact) mass is 180 g/mol. The fraction of sp³-hybridized carbons (Fsp3) is 0.917. The second kappa shape index (κ2) is 2.59. The van der Waals surface area contributed by atoms with Gasteiger partial charge in [0, 0.05) is 11.8 Å². The van der Waals surface area contributed by atoms with Crippen molar-refractivity contribution in [1.82, 2.24) is 0 Å². The van der Waals surface area contributed by atoms with E-state index < -0.39 is 0 Å². The van der Waals surface area contributed by atoms with Crippen molar-refractivity contribution in [3.63, 3.8) is 0 Å². The molecule has 2 fully saturated rings. The molecule has 13 heavy (non-hydrogen) atoms. The summed E-state index contributed by atoms with van der Waals surface area (Å²) >= 11 is 0. The molecule has 2 bridgehead atoms. The van der Waals surface area contributed by atoms with Crippen LogP contribution in [0.1, 0.15) is 52.9 Å². The molecule has 0 aromatic carbocycles. The third-order valence-corrected chi connectivity index (χ3v) is 4.82. The van der Waals surface area contributed by atoms with Crippen molar-refractivity contribution in [1.29, 1.82) is 0 Å². The maximum atomic E-state index is 12.0. The highest BCUT2D eigenvalue weighted by atomic mass is 16.1. The second-order valence-corrected chi connectivity index (χ2v) is 5.42. The molecule has 0 saturated heterocycles. The molecule has 0 aromatic heterocycles. The topological polar surface area (TPSA) is 17.1 Å². The van der Waals surface area contributed by atoms with Gasteiger partial charge < -0.3 is 0 Å². The van der Waals surface area contributed by atoms with Gasteiger partial charge in [0.2, 0.25) is 0 Å². The van der Waals surface area contributed by atoms with E-state index in [1.807, 2.05) is 0 Å². The molecule has 2 aliphatic rings. The van der Waals surface area contributed by atoms with Crippen molar-refractivity contribution < 1.29 is 4.79 Å². The molecule has 2 atom stereocenters. The first kappa shape index (κ1) is 9.23. The summed E-state index contributed by atoms with van der Waals surface area (Å²) in [5, 5.41) is 0. The summed E-state index contributed by atoms with van der Waals surface area (Å²) in [5.41, 5.74) is 0.368. The molecule has 2 rings (SSSR count). The van der Waals surface area contributed by atoms with Gasteiger partial charge in [0.15, 0.2) is 0 Å². The fourth-order valence-electron chi connectivity index (χ4n) is 3.78. The van der Waals surface area contributed by atoms with Gasteiger partial charge in [-0.2, -0.15) is 0 Å². The Hall–Kier alpha value is -0.330. The van der Waals surface area contributed by atoms with Crippen molar-refractivity contribution >= 4 is 5.78 Å². The lowest BCUT2D eigenvalue weighted by Gasteiger charge is -2.36. The Kier molecular flexibility index (Phi) is 1.84. The molecule has 0 unspecified atom stereocenters. The van der Waals surface area contributed by atoms with Crippen molar-refractivity contribution in [3.05, 3.63) is 0 Å². The van der Waals surface area contributed by atoms with E-state index in [2.05, 4.69) is 20.8 Å². The van der Waals surface area contributed by atoms with Crippen molar-refractivity contribution in [2.75, 3.05) is 0 Å². The number of fused-ring (bicyclic) bond motifs is 2. The van der Waals surface area contributed by atoms with Gasteiger partial charge >= 0.3 is 0 Å². The first-order valence-corrected chi connectivity index (χ1v) is 5.58. The predicted molar refractivity (Wildman–Crippen MR) is 53.5 cm³/mol. The van der Waals surface area contributed by atoms with Gasteiger partial charge in [0.05, 0.1) is 0 Å². The molecule has 0 N–H and O–H groups in total. The summed E-state index contributed by atoms with van der Waals surface area (Å²) in [5.74, 6) is 1.25. The number of hydrogen-bond acceptors (Lipinski definition) is 1. The molecule has 0 spiro atoms. The van der Waals surface area contributed by atoms with E-state index in [9.17, 15) is 4.79 Å². The summed E-state index contributed by atoms with van der Waals surface area (Å²) in [7, 11) is 0. The number of ketones is 1. The zero-order valence-electron chi connectivity index (χ0n) is 9.02. The molecule has 2 saturated carbocycles. The summed E-state index contributed by atoms with van der Waals surface area (Å²) in [6.45, 7) is 6.82. The fourth-order valence-corrected chi connectivity index (χ4v) is 3.78. The summed E-state index contributed by atoms with van der Waals surface area (Å²) in [6, 6.07) is 0. The molecule has 74 valence electrons. The largest absolute Gasteiger partial charge is 0.299 e. The van der Waals surface area contributed by atoms with E-state index in [-0.39, 0.29) is 5.41 Å². The van der Waals surface area contributed by atoms with Gasteiger partial charge in [-0.05, 0) is 30.6 Å². The lowest BCUT2D eigenvalue weighted by molar-refractivity contribution is -0.129. The molecular formula is C12H20O. The lowest BCUT2D eigenvalue weighted by Crippen LogP contribution is -2.35. The van der Waals surface area contributed by atoms with Gasteiger partial charge in [0.25, 0.3) is 0 Å². The normalized spacial score (nSPS) is 41.5. The third-order valence-electron chi connectivity index (χ3n) is 4.82. The van der Waals surface area contributed by atoms with Crippen LogP contribution in [0.15, 0.2) is 0 Å². The zero-order valence-corrected chi connectivity index (χ0v) is 9.02. The number of hydrogen-bond donors (Lipinski definition) is 0. The van der Waals surface area contributed by atoms with Crippen LogP contribution in [0.5, 0.6) is 0 Å². The van der Waals surface area contributed by atoms with Crippen LogP contribution in [-0.4, -0.2) is 5.78 Å². The highest BCUT2D eigenvalue weighted by molar-refractivity contribution is 5.89. The van der Waals surface area contributed by atoms with Gasteiger partial charge in [-0.1, -0.05) is 27.2 Å². The van der Waals surface area contributed by atoms with Crippen LogP contribution < -0.4 is 0 Å². The molecule has 0 radical (unpaired) electrons. The SMILES string of the molecule is CCC[C@@]12CC[C@@H](CC1=O)C2(C)C. The van der Waals surface area contributed by atoms with Crippen LogP contribution in [-0.2, 0) is 4.79 Å². The highest BCUT2D eigenvalue weighted by Crippen LogP contribution is 2.65. The van der Waals surface area contributed by atoms with Crippen molar-refractivity contribution in [2.45, 2.75) is 52.9 Å². The van der Waals surface area contributed by atoms with Gasteiger partial charge in [-0.25, -0.2) is 0 Å². The number of carbonyl (C=O) groups excluding carboxylic acids is 1. The Morgan fingerprint density at radius 1 is 1.46 bits per heavy atom. The maximum Gasteiger partial charge on any atom is 0.139 e. The standard InChI is InChI=1S/C12H20O/c1-4-6-12-7-5-9(8-10(12)13)11(12,2)3/h9H,4-8H2,1-3H3/t9-,12+/m0/s1. The molecule has 0 amide bonds. The quantitative estimate of drug-likeness (QED) is 0.638. The van der Waals surface area contributed by atoms with Crippen LogP contribution in [0.4, 0.5) is 0 Å². The summed E-state index contributed by atoms with van der Waals surface area (Å²) in [6.07, 6.45) is 5.60. The van der Waals surface area contributed by atoms with E-state index in [4.69, 9.17) is 0 Å². The molecule has 0 heterocycles. The molecular weight excluding hydrogens is 160 g/mol. The Morgan fingerprint density at radius 2 is 2.15 bits per heavy atom. The minimum atomic E-state index is 0.0758. The van der Waals surface area contributed by atoms with Crippen LogP contribution >= 0.6 is 0 Å². The first-order valence-electron chi connectivity index (χ1n) is 5.58. The summed E-state index contributed by atoms with van der Waals surface area (Å²) < 4.78 is 0. The van der Waals surface area contributed by atoms with Crippen LogP contribution in [0.25, 0.3) is 0 Å². The number of carbonyl (C=O) groups is 1. The van der Waals surface area contributed by atoms with E-state index in [0.29, 0.717) is 17.1 Å². The van der Waals surface area contributed by atoms with Crippen LogP contribution in [0.2, 0.25) is 0 Å². The molecule has 0 aliphatic heterocycles. The zero-order chi connectivity index (χ0) is 9.69. The van der Waals surface area contributed by atoms with Crippen molar-refractivity contribution in [3.8, 4) is 0 Å². The van der Waals surface area contributed by atoms with Gasteiger partial charge in [0.1, 0.15) is 5.78 Å². The minimum Gasteiger partial charge on any atom is -0.299 e. The van der Waals surface area contributed by atoms with Crippen LogP contribution in [0.3, 0.4) is 0 Å². The Balaban J connectivity index is 2.37. The van der Waals surface area contributed by atoms with E-state index in [0.717, 1.165) is 25.7 Å². The minimum absolute atomic E-state index is 0.0758. The maximum absolute atomic E-state index is 12.0. The predicted octanol–water partition coefficient (Wildman–Crippen LogP) is 3.18. The Labute approximate surface area is 80.9 Å². The molecule has 0 aromatic rings. The van der Waals surface area contributed by atoms with Gasteiger partial charge in [-0.15, -0.1) is 0 Å². The smallest absolute Gasteiger partial charge is 0.139 e. The number of rotatable bonds is 2. The van der Waals surface area contributed by atoms with E-state index >= 15 is 0 Å². The summed E-state index contributed by atoms with van der Waals surface area (Å²) in [4.78, 5) is 12.0. The molecule has 2 aliphatic carbocycles. The van der Waals surface area contributed by atoms with Gasteiger partial charge in [-0.3, -0.25) is 4.79 Å². The Bertz CT molecular complexity index is 242. The molecule has 1 nitrogen and oxygen atoms in total. The Morgan fingerprint density at radius 3 is 2.54 bits per heavy atom. The third kappa shape index (κ3) is 0.908. The van der Waals surface area contributed by atoms with Crippen LogP contribution in [0, 0.1) is 16.7 Å². The van der Waals surface area contributed by atoms with E-state index in [1.165, 1.54) is 6.42 Å². The highest BCUT2D eigenvalue weighted by Gasteiger charge is 2.63. The average Bonchev–Trinajstić information content (AvgIpc) is 2.38. The van der Waals surface area contributed by atoms with E-state index in [1.54, 1.807) is 0 Å². The second-order valence-electron chi connectivity index (χ2n) is 5.42. The number of Topliss-reactive ketones (excluding diaryl/α,β-unsaturated/α-hetero) is 1. The average molecular weight is 180 g/mol. The molecule has 1 heteroatoms.